The lowest BCUT2D eigenvalue weighted by Crippen LogP contribution is -2.61. The first-order valence-electron chi connectivity index (χ1n) is 22.7. The Labute approximate surface area is 341 Å². The van der Waals surface area contributed by atoms with E-state index in [0.717, 1.165) is 0 Å². The van der Waals surface area contributed by atoms with Crippen molar-refractivity contribution in [3.8, 4) is 34.5 Å². The van der Waals surface area contributed by atoms with E-state index in [1.165, 1.54) is 30.5 Å². The quantitative estimate of drug-likeness (QED) is 0.121. The van der Waals surface area contributed by atoms with Crippen molar-refractivity contribution in [2.75, 3.05) is 51.3 Å². The van der Waals surface area contributed by atoms with E-state index in [2.05, 4.69) is 68.3 Å². The zero-order chi connectivity index (χ0) is 44.7. The van der Waals surface area contributed by atoms with Gasteiger partial charge in [0.1, 0.15) is 49.4 Å². The van der Waals surface area contributed by atoms with Crippen LogP contribution in [0.5, 0.6) is 11.8 Å². The van der Waals surface area contributed by atoms with Gasteiger partial charge in [-0.25, -0.2) is 13.2 Å². The summed E-state index contributed by atoms with van der Waals surface area (Å²) in [5.41, 5.74) is 1.88. The first-order chi connectivity index (χ1) is 29.1. The van der Waals surface area contributed by atoms with E-state index in [9.17, 15) is 12.2 Å². The van der Waals surface area contributed by atoms with Gasteiger partial charge < -0.3 is 24.8 Å². The molecule has 4 aliphatic heterocycles. The molecule has 0 radical (unpaired) electrons. The van der Waals surface area contributed by atoms with Gasteiger partial charge >= 0.3 is 6.01 Å². The van der Waals surface area contributed by atoms with Crippen LogP contribution < -0.4 is 15.0 Å². The number of methoxy groups -OCH3 is 1. The SMILES string of the molecule is [2H]C([2H])([2H])OC[C@@]12CC[C@@H](CN(c3nc(OC([2H])([2H])[C@@]45CCCN4C[C@H](F)C5)nc4c(F)c(-c5cc(O)cc6ccc(F)c(C#C[Si](C(C)C)(C(C)C)C(C)C)c56)ncc34)C1)N2. The zero-order valence-corrected chi connectivity index (χ0v) is 34.5. The summed E-state index contributed by atoms with van der Waals surface area (Å²) in [6.07, 6.45) is 2.34. The molecule has 0 amide bonds. The molecule has 4 fully saturated rings. The zero-order valence-electron chi connectivity index (χ0n) is 38.5. The Balaban J connectivity index is 1.31. The monoisotopic (exact) mass is 805 g/mol. The number of aromatic nitrogens is 3. The van der Waals surface area contributed by atoms with Gasteiger partial charge in [-0.3, -0.25) is 9.88 Å². The van der Waals surface area contributed by atoms with Crippen molar-refractivity contribution >= 4 is 35.6 Å². The number of phenols is 1. The Bertz CT molecular complexity index is 2450. The number of alkyl halides is 1. The maximum absolute atomic E-state index is 17.7. The third kappa shape index (κ3) is 6.84. The third-order valence-electron chi connectivity index (χ3n) is 13.2. The van der Waals surface area contributed by atoms with E-state index < -0.39 is 56.6 Å². The Kier molecular flexibility index (Phi) is 8.94. The topological polar surface area (TPSA) is 95.9 Å². The minimum absolute atomic E-state index is 0.0576. The van der Waals surface area contributed by atoms with Gasteiger partial charge in [0.2, 0.25) is 0 Å². The molecule has 2 aromatic carbocycles. The van der Waals surface area contributed by atoms with E-state index in [1.54, 1.807) is 4.90 Å². The number of aromatic hydroxyl groups is 1. The highest BCUT2D eigenvalue weighted by molar-refractivity contribution is 6.90. The third-order valence-corrected chi connectivity index (χ3v) is 19.5. The Hall–Kier alpha value is -3.96. The minimum Gasteiger partial charge on any atom is -0.508 e. The predicted octanol–water partition coefficient (Wildman–Crippen LogP) is 8.31. The van der Waals surface area contributed by atoms with Gasteiger partial charge in [-0.2, -0.15) is 9.97 Å². The van der Waals surface area contributed by atoms with Crippen LogP contribution in [0.15, 0.2) is 30.5 Å². The lowest BCUT2D eigenvalue weighted by molar-refractivity contribution is 0.107. The second-order valence-electron chi connectivity index (χ2n) is 17.6. The fourth-order valence-corrected chi connectivity index (χ4v) is 15.9. The number of hydrogen-bond acceptors (Lipinski definition) is 9. The van der Waals surface area contributed by atoms with E-state index in [-0.39, 0.29) is 93.5 Å². The van der Waals surface area contributed by atoms with Crippen LogP contribution in [0.4, 0.5) is 19.0 Å². The van der Waals surface area contributed by atoms with Crippen molar-refractivity contribution in [1.29, 1.82) is 0 Å². The summed E-state index contributed by atoms with van der Waals surface area (Å²) in [7, 11) is -5.00. The van der Waals surface area contributed by atoms with Crippen LogP contribution in [-0.2, 0) is 4.74 Å². The number of benzene rings is 2. The molecule has 4 aliphatic rings. The standard InChI is InChI=1S/C44H55F3N6O3Si/c1-26(2)57(27(3)4,28(5)6)16-12-33-36(46)10-9-29-17-32(54)18-34(37(29)33)39-38(47)40-35(20-48-39)41(52-22-31-11-14-43(23-52,51-31)24-55-7)50-42(49-40)56-25-44-13-8-15-53(44)21-30(45)19-44/h9-10,17-18,20,26-28,30-31,51,54H,8,11,13-15,19,21-25H2,1-7H3/t30-,31+,43-,44+/m1/s1/i7D3,25D2. The van der Waals surface area contributed by atoms with Crippen LogP contribution in [0.3, 0.4) is 0 Å². The van der Waals surface area contributed by atoms with Gasteiger partial charge in [-0.1, -0.05) is 53.5 Å². The van der Waals surface area contributed by atoms with Gasteiger partial charge in [-0.05, 0) is 72.4 Å². The largest absolute Gasteiger partial charge is 0.508 e. The number of halogens is 3. The van der Waals surface area contributed by atoms with E-state index in [1.807, 2.05) is 4.90 Å². The number of nitrogens with zero attached hydrogens (tertiary/aromatic N) is 5. The van der Waals surface area contributed by atoms with Gasteiger partial charge in [0, 0.05) is 56.3 Å². The van der Waals surface area contributed by atoms with Gasteiger partial charge in [-0.15, -0.1) is 5.54 Å². The molecule has 8 rings (SSSR count). The van der Waals surface area contributed by atoms with Crippen LogP contribution >= 0.6 is 0 Å². The summed E-state index contributed by atoms with van der Waals surface area (Å²) in [5.74, 6) is 1.64. The Morgan fingerprint density at radius 3 is 2.65 bits per heavy atom. The van der Waals surface area contributed by atoms with Crippen LogP contribution in [0, 0.1) is 23.1 Å². The average Bonchev–Trinajstić information content (AvgIpc) is 3.84. The van der Waals surface area contributed by atoms with Gasteiger partial charge in [0.15, 0.2) is 5.82 Å². The van der Waals surface area contributed by atoms with Crippen LogP contribution in [0.2, 0.25) is 16.6 Å². The molecule has 0 unspecified atom stereocenters. The fourth-order valence-electron chi connectivity index (χ4n) is 10.7. The van der Waals surface area contributed by atoms with E-state index in [0.29, 0.717) is 44.2 Å². The summed E-state index contributed by atoms with van der Waals surface area (Å²) in [6.45, 7) is 11.5. The summed E-state index contributed by atoms with van der Waals surface area (Å²) in [6, 6.07) is 5.00. The second-order valence-corrected chi connectivity index (χ2v) is 23.2. The maximum atomic E-state index is 17.7. The van der Waals surface area contributed by atoms with Crippen molar-refractivity contribution in [3.05, 3.63) is 47.7 Å². The lowest BCUT2D eigenvalue weighted by Gasteiger charge is -2.41. The lowest BCUT2D eigenvalue weighted by atomic mass is 9.95. The van der Waals surface area contributed by atoms with Crippen molar-refractivity contribution in [2.24, 2.45) is 0 Å². The molecule has 4 saturated heterocycles. The number of nitrogens with one attached hydrogen (secondary N) is 1. The minimum atomic E-state index is -2.63. The highest BCUT2D eigenvalue weighted by Crippen LogP contribution is 2.44. The molecule has 4 aromatic rings. The fraction of sp³-hybridized carbons (Fsp3) is 0.568. The van der Waals surface area contributed by atoms with E-state index >= 15 is 8.78 Å². The van der Waals surface area contributed by atoms with E-state index in [4.69, 9.17) is 18.6 Å². The molecule has 0 aliphatic carbocycles. The van der Waals surface area contributed by atoms with Crippen LogP contribution in [-0.4, -0.2) is 103 Å². The number of anilines is 1. The number of piperazine rings is 1. The molecule has 0 spiro atoms. The predicted molar refractivity (Wildman–Crippen MR) is 221 cm³/mol. The molecule has 2 bridgehead atoms. The number of pyridine rings is 1. The summed E-state index contributed by atoms with van der Waals surface area (Å²) in [5, 5.41) is 15.4. The summed E-state index contributed by atoms with van der Waals surface area (Å²) in [4.78, 5) is 17.5. The average molecular weight is 806 g/mol. The van der Waals surface area contributed by atoms with Gasteiger partial charge in [0.05, 0.1) is 35.5 Å². The molecule has 304 valence electrons. The molecule has 6 heterocycles. The molecule has 13 heteroatoms. The van der Waals surface area contributed by atoms with Crippen molar-refractivity contribution in [1.82, 2.24) is 25.2 Å². The Morgan fingerprint density at radius 1 is 1.11 bits per heavy atom. The summed E-state index contributed by atoms with van der Waals surface area (Å²) < 4.78 is 102. The molecule has 2 N–H and O–H groups in total. The highest BCUT2D eigenvalue weighted by atomic mass is 28.3. The maximum Gasteiger partial charge on any atom is 0.319 e. The van der Waals surface area contributed by atoms with Crippen molar-refractivity contribution in [2.45, 2.75) is 114 Å². The first kappa shape index (κ1) is 34.0. The number of rotatable bonds is 10. The highest BCUT2D eigenvalue weighted by Gasteiger charge is 2.50. The van der Waals surface area contributed by atoms with Crippen molar-refractivity contribution in [3.63, 3.8) is 0 Å². The summed E-state index contributed by atoms with van der Waals surface area (Å²) >= 11 is 0. The van der Waals surface area contributed by atoms with Crippen molar-refractivity contribution < 1.29 is 34.6 Å². The number of ether oxygens (including phenoxy) is 2. The second kappa shape index (κ2) is 15.0. The normalized spacial score (nSPS) is 26.7. The number of phenolic OH excluding ortho intramolecular Hbond substituents is 1. The van der Waals surface area contributed by atoms with Crippen LogP contribution in [0.1, 0.15) is 86.1 Å². The van der Waals surface area contributed by atoms with Crippen LogP contribution in [0.25, 0.3) is 32.9 Å². The molecule has 9 nitrogen and oxygen atoms in total. The molecular formula is C44H55F3N6O3Si. The number of fused-ring (bicyclic) bond motifs is 5. The molecule has 0 saturated carbocycles. The molecule has 4 atom stereocenters. The molecule has 2 aromatic heterocycles. The van der Waals surface area contributed by atoms with Gasteiger partial charge in [0.25, 0.3) is 0 Å². The Morgan fingerprint density at radius 2 is 1.89 bits per heavy atom. The molecular weight excluding hydrogens is 746 g/mol. The smallest absolute Gasteiger partial charge is 0.319 e. The molecule has 57 heavy (non-hydrogen) atoms. The number of hydrogen-bond donors (Lipinski definition) is 2. The first-order valence-corrected chi connectivity index (χ1v) is 22.4.